The van der Waals surface area contributed by atoms with Gasteiger partial charge in [-0.25, -0.2) is 4.79 Å². The highest BCUT2D eigenvalue weighted by Crippen LogP contribution is 2.12. The van der Waals surface area contributed by atoms with Crippen LogP contribution in [0.4, 0.5) is 0 Å². The molecule has 0 aliphatic carbocycles. The quantitative estimate of drug-likeness (QED) is 0.103. The zero-order valence-electron chi connectivity index (χ0n) is 21.1. The Hall–Kier alpha value is -2.49. The van der Waals surface area contributed by atoms with Gasteiger partial charge in [-0.1, -0.05) is 99.7 Å². The van der Waals surface area contributed by atoms with Gasteiger partial charge >= 0.3 is 5.97 Å². The molecule has 0 amide bonds. The fraction of sp³-hybridized carbons (Fsp3) is 0.581. The Labute approximate surface area is 209 Å². The summed E-state index contributed by atoms with van der Waals surface area (Å²) in [6.45, 7) is 0. The molecule has 1 unspecified atom stereocenters. The molecule has 0 bridgehead atoms. The zero-order chi connectivity index (χ0) is 25.0. The van der Waals surface area contributed by atoms with Gasteiger partial charge in [-0.3, -0.25) is 0 Å². The summed E-state index contributed by atoms with van der Waals surface area (Å²) in [6.07, 6.45) is 41.4. The van der Waals surface area contributed by atoms with Crippen LogP contribution in [0.1, 0.15) is 109 Å². The second-order valence-corrected chi connectivity index (χ2v) is 8.59. The Kier molecular flexibility index (Phi) is 24.8. The maximum atomic E-state index is 10.2. The molecule has 0 saturated carbocycles. The van der Waals surface area contributed by atoms with E-state index in [0.29, 0.717) is 0 Å². The average Bonchev–Trinajstić information content (AvgIpc) is 2.83. The topological polar surface area (TPSA) is 57.5 Å². The highest BCUT2D eigenvalue weighted by molar-refractivity contribution is 5.86. The first-order valence-electron chi connectivity index (χ1n) is 13.2. The lowest BCUT2D eigenvalue weighted by atomic mass is 10.1. The van der Waals surface area contributed by atoms with Crippen LogP contribution in [-0.4, -0.2) is 22.3 Å². The van der Waals surface area contributed by atoms with Crippen LogP contribution in [0.2, 0.25) is 0 Å². The van der Waals surface area contributed by atoms with E-state index in [4.69, 9.17) is 11.5 Å². The summed E-state index contributed by atoms with van der Waals surface area (Å²) in [6, 6.07) is 0. The summed E-state index contributed by atoms with van der Waals surface area (Å²) in [5, 5.41) is 17.6. The molecule has 1 atom stereocenters. The first-order chi connectivity index (χ1) is 16.7. The average molecular weight is 467 g/mol. The molecule has 3 nitrogen and oxygen atoms in total. The minimum Gasteiger partial charge on any atom is -0.472 e. The molecule has 0 aromatic rings. The van der Waals surface area contributed by atoms with Crippen molar-refractivity contribution in [1.29, 1.82) is 0 Å². The van der Waals surface area contributed by atoms with Crippen molar-refractivity contribution < 1.29 is 15.0 Å². The first-order valence-corrected chi connectivity index (χ1v) is 13.2. The molecule has 0 aromatic heterocycles. The smallest absolute Gasteiger partial charge is 0.382 e. The third-order valence-corrected chi connectivity index (χ3v) is 5.46. The summed E-state index contributed by atoms with van der Waals surface area (Å²) < 4.78 is 0. The zero-order valence-corrected chi connectivity index (χ0v) is 21.1. The molecule has 0 heterocycles. The first kappa shape index (κ1) is 31.5. The van der Waals surface area contributed by atoms with E-state index < -0.39 is 12.1 Å². The van der Waals surface area contributed by atoms with Crippen LogP contribution in [-0.2, 0) is 4.79 Å². The standard InChI is InChI=1S/C31H46O3/c1-2-30(32)28-26-24-22-20-18-16-14-12-10-8-6-4-3-5-7-9-11-13-15-17-19-21-23-25-27-29-31(33)34/h1,6,8,12,14,23,25-26,28,30,32H,3-5,7,9-11,13,15-22,24H2,(H,33,34). The van der Waals surface area contributed by atoms with E-state index in [0.717, 1.165) is 38.5 Å². The largest absolute Gasteiger partial charge is 0.472 e. The normalized spacial score (nSPS) is 12.5. The second-order valence-electron chi connectivity index (χ2n) is 8.59. The summed E-state index contributed by atoms with van der Waals surface area (Å²) in [7, 11) is 0. The van der Waals surface area contributed by atoms with Crippen molar-refractivity contribution in [3.05, 3.63) is 48.6 Å². The van der Waals surface area contributed by atoms with E-state index in [1.807, 2.05) is 12.2 Å². The number of unbranched alkanes of at least 4 members (excludes halogenated alkanes) is 14. The second kappa shape index (κ2) is 26.8. The van der Waals surface area contributed by atoms with E-state index in [1.165, 1.54) is 70.6 Å². The molecule has 34 heavy (non-hydrogen) atoms. The summed E-state index contributed by atoms with van der Waals surface area (Å²) in [4.78, 5) is 10.2. The molecule has 0 aliphatic rings. The van der Waals surface area contributed by atoms with Crippen LogP contribution in [0.5, 0.6) is 0 Å². The molecule has 0 spiro atoms. The Bertz CT molecular complexity index is 694. The lowest BCUT2D eigenvalue weighted by Crippen LogP contribution is -1.95. The number of carbonyl (C=O) groups is 1. The molecule has 0 saturated heterocycles. The number of hydrogen-bond acceptors (Lipinski definition) is 2. The minimum absolute atomic E-state index is 0.737. The Morgan fingerprint density at radius 3 is 1.62 bits per heavy atom. The number of rotatable bonds is 21. The summed E-state index contributed by atoms with van der Waals surface area (Å²) in [5.41, 5.74) is 0. The molecule has 2 N–H and O–H groups in total. The lowest BCUT2D eigenvalue weighted by molar-refractivity contribution is -0.130. The monoisotopic (exact) mass is 466 g/mol. The van der Waals surface area contributed by atoms with Gasteiger partial charge in [-0.15, -0.1) is 6.42 Å². The van der Waals surface area contributed by atoms with Gasteiger partial charge in [0, 0.05) is 5.92 Å². The number of carboxylic acids is 1. The Balaban J connectivity index is 3.30. The van der Waals surface area contributed by atoms with Crippen molar-refractivity contribution in [3.63, 3.8) is 0 Å². The number of aliphatic hydroxyl groups excluding tert-OH is 1. The molecular weight excluding hydrogens is 420 g/mol. The molecular formula is C31H46O3. The highest BCUT2D eigenvalue weighted by Gasteiger charge is 1.92. The van der Waals surface area contributed by atoms with Crippen molar-refractivity contribution >= 4 is 5.97 Å². The third kappa shape index (κ3) is 27.5. The predicted octanol–water partition coefficient (Wildman–Crippen LogP) is 7.93. The molecule has 0 rings (SSSR count). The van der Waals surface area contributed by atoms with E-state index in [2.05, 4.69) is 42.1 Å². The summed E-state index contributed by atoms with van der Waals surface area (Å²) >= 11 is 0. The minimum atomic E-state index is -1.08. The van der Waals surface area contributed by atoms with Gasteiger partial charge in [0.2, 0.25) is 0 Å². The van der Waals surface area contributed by atoms with E-state index >= 15 is 0 Å². The van der Waals surface area contributed by atoms with E-state index in [9.17, 15) is 9.90 Å². The van der Waals surface area contributed by atoms with Crippen LogP contribution >= 0.6 is 0 Å². The Morgan fingerprint density at radius 1 is 0.676 bits per heavy atom. The number of allylic oxidation sites excluding steroid dienone is 7. The van der Waals surface area contributed by atoms with Crippen molar-refractivity contribution in [1.82, 2.24) is 0 Å². The van der Waals surface area contributed by atoms with Gasteiger partial charge in [0.1, 0.15) is 6.10 Å². The fourth-order valence-electron chi connectivity index (χ4n) is 3.50. The van der Waals surface area contributed by atoms with Crippen LogP contribution in [0.15, 0.2) is 48.6 Å². The van der Waals surface area contributed by atoms with Gasteiger partial charge in [0.15, 0.2) is 0 Å². The number of aliphatic carboxylic acids is 1. The summed E-state index contributed by atoms with van der Waals surface area (Å²) in [5.74, 6) is 5.79. The van der Waals surface area contributed by atoms with Crippen LogP contribution in [0, 0.1) is 24.2 Å². The van der Waals surface area contributed by atoms with Crippen LogP contribution < -0.4 is 0 Å². The number of terminal acetylenes is 1. The molecule has 0 fully saturated rings. The van der Waals surface area contributed by atoms with Gasteiger partial charge in [0.25, 0.3) is 0 Å². The van der Waals surface area contributed by atoms with Crippen molar-refractivity contribution in [3.8, 4) is 24.2 Å². The molecule has 0 aliphatic heterocycles. The molecule has 3 heteroatoms. The predicted molar refractivity (Wildman–Crippen MR) is 145 cm³/mol. The van der Waals surface area contributed by atoms with Crippen LogP contribution in [0.3, 0.4) is 0 Å². The van der Waals surface area contributed by atoms with Gasteiger partial charge in [0.05, 0.1) is 0 Å². The lowest BCUT2D eigenvalue weighted by Gasteiger charge is -2.01. The van der Waals surface area contributed by atoms with E-state index in [1.54, 1.807) is 12.2 Å². The Morgan fingerprint density at radius 2 is 1.12 bits per heavy atom. The maximum Gasteiger partial charge on any atom is 0.382 e. The molecule has 188 valence electrons. The highest BCUT2D eigenvalue weighted by atomic mass is 16.4. The van der Waals surface area contributed by atoms with Crippen molar-refractivity contribution in [2.45, 2.75) is 115 Å². The van der Waals surface area contributed by atoms with Crippen molar-refractivity contribution in [2.24, 2.45) is 0 Å². The number of hydrogen-bond donors (Lipinski definition) is 2. The molecule has 0 radical (unpaired) electrons. The third-order valence-electron chi connectivity index (χ3n) is 5.46. The van der Waals surface area contributed by atoms with Gasteiger partial charge in [-0.05, 0) is 69.9 Å². The van der Waals surface area contributed by atoms with Crippen molar-refractivity contribution in [2.75, 3.05) is 0 Å². The number of aliphatic hydroxyl groups is 1. The SMILES string of the molecule is C#CC(O)C=CCCCCCC=CCC=CCCCCCCCCCCCC=CC#CC(=O)O. The number of carboxylic acid groups (broad SMARTS) is 1. The maximum absolute atomic E-state index is 10.2. The van der Waals surface area contributed by atoms with Crippen LogP contribution in [0.25, 0.3) is 0 Å². The molecule has 0 aromatic carbocycles. The fourth-order valence-corrected chi connectivity index (χ4v) is 3.50. The van der Waals surface area contributed by atoms with Gasteiger partial charge in [-0.2, -0.15) is 0 Å². The van der Waals surface area contributed by atoms with Gasteiger partial charge < -0.3 is 10.2 Å². The van der Waals surface area contributed by atoms with E-state index in [-0.39, 0.29) is 0 Å².